The van der Waals surface area contributed by atoms with Crippen LogP contribution in [0.4, 0.5) is 0 Å². The molecule has 2 aromatic rings. The Kier molecular flexibility index (Phi) is 2.21. The Labute approximate surface area is 98.9 Å². The Morgan fingerprint density at radius 3 is 3.06 bits per heavy atom. The molecule has 1 aliphatic heterocycles. The molecule has 1 aromatic carbocycles. The molecule has 3 rings (SSSR count). The highest BCUT2D eigenvalue weighted by atomic mass is 16.2. The van der Waals surface area contributed by atoms with E-state index in [0.717, 1.165) is 24.2 Å². The summed E-state index contributed by atoms with van der Waals surface area (Å²) in [5.41, 5.74) is 6.13. The fraction of sp³-hybridized carbons (Fsp3) is 0.231. The highest BCUT2D eigenvalue weighted by molar-refractivity contribution is 5.97. The smallest absolute Gasteiger partial charge is 0.235 e. The van der Waals surface area contributed by atoms with Gasteiger partial charge in [-0.3, -0.25) is 19.9 Å². The van der Waals surface area contributed by atoms with Crippen LogP contribution in [-0.4, -0.2) is 23.3 Å². The van der Waals surface area contributed by atoms with Crippen LogP contribution in [0.5, 0.6) is 0 Å². The number of nitrogens with one attached hydrogen (secondary N) is 1. The highest BCUT2D eigenvalue weighted by Gasteiger charge is 2.17. The minimum atomic E-state index is -0.0764. The summed E-state index contributed by atoms with van der Waals surface area (Å²) >= 11 is 0. The summed E-state index contributed by atoms with van der Waals surface area (Å²) in [6, 6.07) is 8.10. The number of carbonyl (C=O) groups excluding carboxylic acids is 1. The van der Waals surface area contributed by atoms with Gasteiger partial charge in [0.1, 0.15) is 0 Å². The number of aromatic nitrogens is 1. The van der Waals surface area contributed by atoms with Crippen LogP contribution in [0.25, 0.3) is 10.9 Å². The molecule has 1 aromatic heterocycles. The lowest BCUT2D eigenvalue weighted by atomic mass is 10.1. The van der Waals surface area contributed by atoms with Gasteiger partial charge in [-0.25, -0.2) is 0 Å². The number of amides is 1. The second-order valence-electron chi connectivity index (χ2n) is 4.17. The maximum atomic E-state index is 11.3. The van der Waals surface area contributed by atoms with Crippen LogP contribution in [0.2, 0.25) is 0 Å². The van der Waals surface area contributed by atoms with Gasteiger partial charge in [0.05, 0.1) is 11.2 Å². The van der Waals surface area contributed by atoms with E-state index >= 15 is 0 Å². The second kappa shape index (κ2) is 3.73. The normalized spacial score (nSPS) is 13.7. The van der Waals surface area contributed by atoms with E-state index in [9.17, 15) is 4.79 Å². The third-order valence-electron chi connectivity index (χ3n) is 2.99. The first-order valence-corrected chi connectivity index (χ1v) is 5.67. The quantitative estimate of drug-likeness (QED) is 0.792. The number of nitrogens with zero attached hydrogens (tertiary/aromatic N) is 2. The first kappa shape index (κ1) is 10.1. The van der Waals surface area contributed by atoms with Crippen LogP contribution in [0, 0.1) is 0 Å². The van der Waals surface area contributed by atoms with E-state index in [2.05, 4.69) is 16.5 Å². The first-order chi connectivity index (χ1) is 8.27. The van der Waals surface area contributed by atoms with Crippen molar-refractivity contribution in [1.29, 1.82) is 0 Å². The number of benzene rings is 1. The predicted octanol–water partition coefficient (Wildman–Crippen LogP) is 1.71. The van der Waals surface area contributed by atoms with Gasteiger partial charge in [0.25, 0.3) is 0 Å². The molecule has 0 spiro atoms. The Hall–Kier alpha value is -2.10. The predicted molar refractivity (Wildman–Crippen MR) is 68.1 cm³/mol. The molecule has 1 amide bonds. The number of rotatable bonds is 1. The van der Waals surface area contributed by atoms with Crippen molar-refractivity contribution in [3.63, 3.8) is 0 Å². The zero-order chi connectivity index (χ0) is 11.8. The first-order valence-electron chi connectivity index (χ1n) is 5.67. The molecule has 1 aliphatic rings. The van der Waals surface area contributed by atoms with Crippen molar-refractivity contribution in [1.82, 2.24) is 4.68 Å². The molecule has 17 heavy (non-hydrogen) atoms. The van der Waals surface area contributed by atoms with Gasteiger partial charge < -0.3 is 0 Å². The lowest BCUT2D eigenvalue weighted by Gasteiger charge is -2.10. The molecular formula is C13H13N3O. The summed E-state index contributed by atoms with van der Waals surface area (Å²) in [7, 11) is 0. The van der Waals surface area contributed by atoms with Crippen molar-refractivity contribution in [2.75, 3.05) is 12.0 Å². The van der Waals surface area contributed by atoms with Crippen LogP contribution in [0.15, 0.2) is 29.3 Å². The Morgan fingerprint density at radius 1 is 1.41 bits per heavy atom. The topological polar surface area (TPSA) is 46.4 Å². The fourth-order valence-corrected chi connectivity index (χ4v) is 2.33. The van der Waals surface area contributed by atoms with Crippen molar-refractivity contribution in [2.24, 2.45) is 4.99 Å². The van der Waals surface area contributed by atoms with Gasteiger partial charge in [-0.15, -0.1) is 0 Å². The number of hydrogen-bond donors (Lipinski definition) is 1. The molecule has 0 atom stereocenters. The summed E-state index contributed by atoms with van der Waals surface area (Å²) < 4.78 is 1.83. The largest absolute Gasteiger partial charge is 0.291 e. The van der Waals surface area contributed by atoms with Crippen molar-refractivity contribution in [2.45, 2.75) is 13.3 Å². The van der Waals surface area contributed by atoms with Crippen molar-refractivity contribution >= 4 is 23.0 Å². The molecule has 0 radical (unpaired) electrons. The summed E-state index contributed by atoms with van der Waals surface area (Å²) in [5.74, 6) is -0.0764. The zero-order valence-electron chi connectivity index (χ0n) is 9.60. The standard InChI is InChI=1S/C13H13N3O/c1-9(17)15-16-12-5-3-2-4-10(12)11-6-7-14-8-13(11)16/h2-5,8H,6-7H2,1H3,(H,15,17). The lowest BCUT2D eigenvalue weighted by Crippen LogP contribution is -2.22. The number of carbonyl (C=O) groups is 1. The molecule has 86 valence electrons. The molecule has 0 saturated heterocycles. The third kappa shape index (κ3) is 1.53. The van der Waals surface area contributed by atoms with Crippen molar-refractivity contribution in [3.8, 4) is 0 Å². The van der Waals surface area contributed by atoms with E-state index in [1.54, 1.807) is 0 Å². The number of aliphatic imine (C=N–C) groups is 1. The summed E-state index contributed by atoms with van der Waals surface area (Å²) in [6.07, 6.45) is 2.77. The summed E-state index contributed by atoms with van der Waals surface area (Å²) in [4.78, 5) is 15.5. The van der Waals surface area contributed by atoms with E-state index in [4.69, 9.17) is 0 Å². The van der Waals surface area contributed by atoms with Crippen molar-refractivity contribution < 1.29 is 4.79 Å². The van der Waals surface area contributed by atoms with Crippen LogP contribution >= 0.6 is 0 Å². The van der Waals surface area contributed by atoms with Gasteiger partial charge in [0.2, 0.25) is 5.91 Å². The average Bonchev–Trinajstić information content (AvgIpc) is 2.65. The summed E-state index contributed by atoms with van der Waals surface area (Å²) in [5, 5.41) is 1.20. The van der Waals surface area contributed by atoms with Crippen LogP contribution in [-0.2, 0) is 11.2 Å². The van der Waals surface area contributed by atoms with Gasteiger partial charge >= 0.3 is 0 Å². The van der Waals surface area contributed by atoms with Gasteiger partial charge in [-0.2, -0.15) is 0 Å². The summed E-state index contributed by atoms with van der Waals surface area (Å²) in [6.45, 7) is 2.34. The third-order valence-corrected chi connectivity index (χ3v) is 2.99. The zero-order valence-corrected chi connectivity index (χ0v) is 9.60. The molecular weight excluding hydrogens is 214 g/mol. The minimum Gasteiger partial charge on any atom is -0.291 e. The van der Waals surface area contributed by atoms with Crippen molar-refractivity contribution in [3.05, 3.63) is 35.5 Å². The molecule has 1 N–H and O–H groups in total. The molecule has 0 unspecified atom stereocenters. The molecule has 0 fully saturated rings. The molecule has 4 heteroatoms. The van der Waals surface area contributed by atoms with E-state index < -0.39 is 0 Å². The van der Waals surface area contributed by atoms with E-state index in [1.165, 1.54) is 17.9 Å². The average molecular weight is 227 g/mol. The molecule has 0 saturated carbocycles. The van der Waals surface area contributed by atoms with Gasteiger partial charge in [-0.1, -0.05) is 18.2 Å². The highest BCUT2D eigenvalue weighted by Crippen LogP contribution is 2.26. The van der Waals surface area contributed by atoms with E-state index in [-0.39, 0.29) is 5.91 Å². The monoisotopic (exact) mass is 227 g/mol. The van der Waals surface area contributed by atoms with Gasteiger partial charge in [0.15, 0.2) is 0 Å². The molecule has 2 heterocycles. The maximum Gasteiger partial charge on any atom is 0.235 e. The fourth-order valence-electron chi connectivity index (χ4n) is 2.33. The van der Waals surface area contributed by atoms with Gasteiger partial charge in [0, 0.05) is 25.1 Å². The molecule has 0 bridgehead atoms. The van der Waals surface area contributed by atoms with Crippen LogP contribution < -0.4 is 5.43 Å². The lowest BCUT2D eigenvalue weighted by molar-refractivity contribution is -0.115. The second-order valence-corrected chi connectivity index (χ2v) is 4.17. The number of fused-ring (bicyclic) bond motifs is 3. The Morgan fingerprint density at radius 2 is 2.24 bits per heavy atom. The number of para-hydroxylation sites is 1. The maximum absolute atomic E-state index is 11.3. The molecule has 4 nitrogen and oxygen atoms in total. The van der Waals surface area contributed by atoms with Crippen LogP contribution in [0.3, 0.4) is 0 Å². The van der Waals surface area contributed by atoms with Gasteiger partial charge in [-0.05, 0) is 18.1 Å². The van der Waals surface area contributed by atoms with Crippen LogP contribution in [0.1, 0.15) is 18.2 Å². The number of hydrogen-bond acceptors (Lipinski definition) is 2. The van der Waals surface area contributed by atoms with E-state index in [0.29, 0.717) is 0 Å². The SMILES string of the molecule is CC(=O)Nn1c2c(c3ccccc31)CCN=C2. The minimum absolute atomic E-state index is 0.0764. The Balaban J connectivity index is 2.32. The van der Waals surface area contributed by atoms with E-state index in [1.807, 2.05) is 29.1 Å². The molecule has 0 aliphatic carbocycles. The Bertz CT molecular complexity index is 625.